The van der Waals surface area contributed by atoms with E-state index in [-0.39, 0.29) is 5.60 Å². The highest BCUT2D eigenvalue weighted by Crippen LogP contribution is 2.41. The van der Waals surface area contributed by atoms with E-state index in [1.165, 1.54) is 6.33 Å². The first-order valence-electron chi connectivity index (χ1n) is 8.51. The quantitative estimate of drug-likeness (QED) is 0.791. The summed E-state index contributed by atoms with van der Waals surface area (Å²) in [6, 6.07) is 5.82. The van der Waals surface area contributed by atoms with Crippen LogP contribution in [0.2, 0.25) is 0 Å². The standard InChI is InChI=1S/C18H22N4O3/c1-23-17-8-16(20-13-21-17)22-11-18(12-22)15(4-7-25-18)10-24-9-14-2-5-19-6-3-14/h2-3,5-6,8,13,15H,4,7,9-12H2,1H3/t15-/m0/s1. The molecule has 132 valence electrons. The molecule has 2 aromatic heterocycles. The number of nitrogens with zero attached hydrogens (tertiary/aromatic N) is 4. The highest BCUT2D eigenvalue weighted by atomic mass is 16.5. The lowest BCUT2D eigenvalue weighted by Gasteiger charge is -2.50. The van der Waals surface area contributed by atoms with Crippen molar-refractivity contribution in [1.82, 2.24) is 15.0 Å². The lowest BCUT2D eigenvalue weighted by Crippen LogP contribution is -2.65. The van der Waals surface area contributed by atoms with Gasteiger partial charge in [0.25, 0.3) is 0 Å². The number of anilines is 1. The van der Waals surface area contributed by atoms with Gasteiger partial charge in [0.1, 0.15) is 17.7 Å². The van der Waals surface area contributed by atoms with E-state index >= 15 is 0 Å². The van der Waals surface area contributed by atoms with Crippen molar-refractivity contribution in [3.63, 3.8) is 0 Å². The van der Waals surface area contributed by atoms with Gasteiger partial charge in [0, 0.05) is 31.0 Å². The molecule has 2 aliphatic heterocycles. The molecule has 7 nitrogen and oxygen atoms in total. The molecule has 2 saturated heterocycles. The van der Waals surface area contributed by atoms with Gasteiger partial charge in [0.2, 0.25) is 5.88 Å². The molecule has 0 radical (unpaired) electrons. The zero-order valence-electron chi connectivity index (χ0n) is 14.3. The monoisotopic (exact) mass is 342 g/mol. The molecule has 2 fully saturated rings. The van der Waals surface area contributed by atoms with Crippen molar-refractivity contribution in [2.24, 2.45) is 5.92 Å². The Morgan fingerprint density at radius 2 is 2.12 bits per heavy atom. The summed E-state index contributed by atoms with van der Waals surface area (Å²) in [6.45, 7) is 3.78. The minimum atomic E-state index is -0.115. The fraction of sp³-hybridized carbons (Fsp3) is 0.500. The molecule has 4 rings (SSSR count). The molecule has 0 aliphatic carbocycles. The predicted molar refractivity (Wildman–Crippen MR) is 91.5 cm³/mol. The van der Waals surface area contributed by atoms with Crippen LogP contribution < -0.4 is 9.64 Å². The Kier molecular flexibility index (Phi) is 4.50. The SMILES string of the molecule is COc1cc(N2CC3(C2)OCC[C@H]3COCc2ccncc2)ncn1. The molecule has 2 aliphatic rings. The Balaban J connectivity index is 1.33. The number of pyridine rings is 1. The molecule has 7 heteroatoms. The van der Waals surface area contributed by atoms with E-state index in [1.807, 2.05) is 18.2 Å². The third-order valence-electron chi connectivity index (χ3n) is 5.01. The predicted octanol–water partition coefficient (Wildman–Crippen LogP) is 1.69. The van der Waals surface area contributed by atoms with E-state index in [2.05, 4.69) is 19.9 Å². The van der Waals surface area contributed by atoms with Crippen molar-refractivity contribution in [3.8, 4) is 5.88 Å². The van der Waals surface area contributed by atoms with Gasteiger partial charge in [-0.05, 0) is 24.1 Å². The first kappa shape index (κ1) is 16.2. The van der Waals surface area contributed by atoms with Crippen molar-refractivity contribution in [2.75, 3.05) is 38.3 Å². The summed E-state index contributed by atoms with van der Waals surface area (Å²) in [4.78, 5) is 14.6. The topological polar surface area (TPSA) is 69.6 Å². The number of rotatable bonds is 6. The van der Waals surface area contributed by atoms with Gasteiger partial charge in [0.15, 0.2) is 0 Å². The van der Waals surface area contributed by atoms with Crippen LogP contribution in [0.4, 0.5) is 5.82 Å². The number of hydrogen-bond acceptors (Lipinski definition) is 7. The zero-order chi connectivity index (χ0) is 17.1. The second-order valence-corrected chi connectivity index (χ2v) is 6.54. The molecule has 4 heterocycles. The van der Waals surface area contributed by atoms with Gasteiger partial charge < -0.3 is 19.1 Å². The second-order valence-electron chi connectivity index (χ2n) is 6.54. The van der Waals surface area contributed by atoms with Crippen LogP contribution in [0.25, 0.3) is 0 Å². The average Bonchev–Trinajstić information content (AvgIpc) is 3.05. The van der Waals surface area contributed by atoms with E-state index in [4.69, 9.17) is 14.2 Å². The summed E-state index contributed by atoms with van der Waals surface area (Å²) in [6.07, 6.45) is 6.15. The van der Waals surface area contributed by atoms with Crippen LogP contribution >= 0.6 is 0 Å². The molecule has 0 unspecified atom stereocenters. The summed E-state index contributed by atoms with van der Waals surface area (Å²) in [7, 11) is 1.61. The molecular weight excluding hydrogens is 320 g/mol. The van der Waals surface area contributed by atoms with Crippen molar-refractivity contribution in [2.45, 2.75) is 18.6 Å². The Labute approximate surface area is 147 Å². The normalized spacial score (nSPS) is 21.3. The van der Waals surface area contributed by atoms with E-state index < -0.39 is 0 Å². The first-order chi connectivity index (χ1) is 12.3. The average molecular weight is 342 g/mol. The highest BCUT2D eigenvalue weighted by molar-refractivity contribution is 5.46. The molecule has 25 heavy (non-hydrogen) atoms. The number of methoxy groups -OCH3 is 1. The molecule has 0 saturated carbocycles. The largest absolute Gasteiger partial charge is 0.481 e. The fourth-order valence-electron chi connectivity index (χ4n) is 3.54. The summed E-state index contributed by atoms with van der Waals surface area (Å²) in [5, 5.41) is 0. The number of aromatic nitrogens is 3. The third-order valence-corrected chi connectivity index (χ3v) is 5.01. The van der Waals surface area contributed by atoms with E-state index in [0.717, 1.165) is 37.5 Å². The van der Waals surface area contributed by atoms with Crippen molar-refractivity contribution in [3.05, 3.63) is 42.5 Å². The second kappa shape index (κ2) is 6.93. The van der Waals surface area contributed by atoms with Gasteiger partial charge in [-0.25, -0.2) is 9.97 Å². The maximum Gasteiger partial charge on any atom is 0.218 e. The number of hydrogen-bond donors (Lipinski definition) is 0. The van der Waals surface area contributed by atoms with Crippen molar-refractivity contribution < 1.29 is 14.2 Å². The highest BCUT2D eigenvalue weighted by Gasteiger charge is 2.53. The van der Waals surface area contributed by atoms with Crippen LogP contribution in [-0.2, 0) is 16.1 Å². The summed E-state index contributed by atoms with van der Waals surface area (Å²) < 4.78 is 17.2. The van der Waals surface area contributed by atoms with Gasteiger partial charge in [-0.15, -0.1) is 0 Å². The molecular formula is C18H22N4O3. The lowest BCUT2D eigenvalue weighted by atomic mass is 9.81. The van der Waals surface area contributed by atoms with Crippen LogP contribution in [-0.4, -0.2) is 54.0 Å². The minimum Gasteiger partial charge on any atom is -0.481 e. The lowest BCUT2D eigenvalue weighted by molar-refractivity contribution is -0.0654. The Bertz CT molecular complexity index is 706. The summed E-state index contributed by atoms with van der Waals surface area (Å²) >= 11 is 0. The molecule has 1 spiro atoms. The van der Waals surface area contributed by atoms with E-state index in [9.17, 15) is 0 Å². The van der Waals surface area contributed by atoms with Gasteiger partial charge in [-0.3, -0.25) is 4.98 Å². The molecule has 0 amide bonds. The van der Waals surface area contributed by atoms with Gasteiger partial charge in [0.05, 0.1) is 33.4 Å². The van der Waals surface area contributed by atoms with Gasteiger partial charge in [-0.2, -0.15) is 0 Å². The molecule has 0 bridgehead atoms. The molecule has 2 aromatic rings. The van der Waals surface area contributed by atoms with Crippen LogP contribution in [0.3, 0.4) is 0 Å². The van der Waals surface area contributed by atoms with Gasteiger partial charge in [-0.1, -0.05) is 0 Å². The van der Waals surface area contributed by atoms with Crippen molar-refractivity contribution in [1.29, 1.82) is 0 Å². The fourth-order valence-corrected chi connectivity index (χ4v) is 3.54. The smallest absolute Gasteiger partial charge is 0.218 e. The Hall–Kier alpha value is -2.25. The summed E-state index contributed by atoms with van der Waals surface area (Å²) in [5.74, 6) is 1.87. The van der Waals surface area contributed by atoms with Crippen LogP contribution in [0, 0.1) is 5.92 Å². The van der Waals surface area contributed by atoms with Crippen LogP contribution in [0.15, 0.2) is 36.9 Å². The zero-order valence-corrected chi connectivity index (χ0v) is 14.3. The minimum absolute atomic E-state index is 0.115. The van der Waals surface area contributed by atoms with Gasteiger partial charge >= 0.3 is 0 Å². The van der Waals surface area contributed by atoms with E-state index in [1.54, 1.807) is 19.5 Å². The van der Waals surface area contributed by atoms with Crippen LogP contribution in [0.1, 0.15) is 12.0 Å². The summed E-state index contributed by atoms with van der Waals surface area (Å²) in [5.41, 5.74) is 1.03. The first-order valence-corrected chi connectivity index (χ1v) is 8.51. The van der Waals surface area contributed by atoms with Crippen LogP contribution in [0.5, 0.6) is 5.88 Å². The Morgan fingerprint density at radius 1 is 1.28 bits per heavy atom. The molecule has 1 atom stereocenters. The molecule has 0 aromatic carbocycles. The maximum atomic E-state index is 6.09. The maximum absolute atomic E-state index is 6.09. The number of ether oxygens (including phenoxy) is 3. The molecule has 0 N–H and O–H groups in total. The van der Waals surface area contributed by atoms with Crippen molar-refractivity contribution >= 4 is 5.82 Å². The Morgan fingerprint density at radius 3 is 2.92 bits per heavy atom. The van der Waals surface area contributed by atoms with E-state index in [0.29, 0.717) is 25.0 Å². The third kappa shape index (κ3) is 3.29.